The molecular weight excluding hydrogens is 347 g/mol. The van der Waals surface area contributed by atoms with Gasteiger partial charge in [-0.3, -0.25) is 4.79 Å². The van der Waals surface area contributed by atoms with Crippen LogP contribution in [0.15, 0.2) is 24.3 Å². The summed E-state index contributed by atoms with van der Waals surface area (Å²) < 4.78 is 40.7. The number of aliphatic hydroxyl groups is 1. The van der Waals surface area contributed by atoms with Crippen LogP contribution in [0.4, 0.5) is 18.9 Å². The highest BCUT2D eigenvalue weighted by Crippen LogP contribution is 2.49. The quantitative estimate of drug-likeness (QED) is 0.869. The zero-order valence-electron chi connectivity index (χ0n) is 14.9. The molecule has 1 aromatic rings. The minimum atomic E-state index is -4.73. The van der Waals surface area contributed by atoms with Crippen molar-refractivity contribution >= 4 is 11.6 Å². The molecule has 7 heteroatoms. The van der Waals surface area contributed by atoms with Gasteiger partial charge in [-0.25, -0.2) is 0 Å². The summed E-state index contributed by atoms with van der Waals surface area (Å²) >= 11 is 0. The van der Waals surface area contributed by atoms with E-state index in [2.05, 4.69) is 18.6 Å². The van der Waals surface area contributed by atoms with Gasteiger partial charge in [-0.1, -0.05) is 13.8 Å². The fourth-order valence-corrected chi connectivity index (χ4v) is 4.32. The molecule has 4 nitrogen and oxygen atoms in total. The van der Waals surface area contributed by atoms with Crippen molar-refractivity contribution < 1.29 is 27.8 Å². The van der Waals surface area contributed by atoms with Crippen LogP contribution >= 0.6 is 0 Å². The van der Waals surface area contributed by atoms with Crippen LogP contribution in [0.1, 0.15) is 39.5 Å². The third kappa shape index (κ3) is 3.68. The lowest BCUT2D eigenvalue weighted by Gasteiger charge is -2.41. The van der Waals surface area contributed by atoms with E-state index in [4.69, 9.17) is 0 Å². The summed E-state index contributed by atoms with van der Waals surface area (Å²) in [5.74, 6) is 0.0980. The van der Waals surface area contributed by atoms with Gasteiger partial charge in [-0.2, -0.15) is 0 Å². The summed E-state index contributed by atoms with van der Waals surface area (Å²) in [6.45, 7) is 4.66. The molecule has 1 saturated heterocycles. The molecule has 26 heavy (non-hydrogen) atoms. The number of halogens is 3. The van der Waals surface area contributed by atoms with Gasteiger partial charge in [0.05, 0.1) is 11.5 Å². The Morgan fingerprint density at radius 2 is 1.88 bits per heavy atom. The van der Waals surface area contributed by atoms with E-state index in [1.165, 1.54) is 24.3 Å². The Morgan fingerprint density at radius 3 is 2.46 bits per heavy atom. The molecule has 1 aromatic carbocycles. The Kier molecular flexibility index (Phi) is 4.94. The zero-order valence-corrected chi connectivity index (χ0v) is 14.9. The maximum Gasteiger partial charge on any atom is 0.573 e. The van der Waals surface area contributed by atoms with Crippen LogP contribution in [0.25, 0.3) is 0 Å². The number of rotatable bonds is 3. The van der Waals surface area contributed by atoms with Crippen molar-refractivity contribution in [3.63, 3.8) is 0 Å². The van der Waals surface area contributed by atoms with Crippen molar-refractivity contribution in [1.29, 1.82) is 0 Å². The van der Waals surface area contributed by atoms with Gasteiger partial charge in [0.25, 0.3) is 0 Å². The number of benzene rings is 1. The van der Waals surface area contributed by atoms with Gasteiger partial charge in [0, 0.05) is 12.2 Å². The molecule has 0 unspecified atom stereocenters. The number of carbonyl (C=O) groups is 1. The molecule has 1 saturated carbocycles. The third-order valence-corrected chi connectivity index (χ3v) is 5.79. The summed E-state index contributed by atoms with van der Waals surface area (Å²) in [5, 5.41) is 10.2. The van der Waals surface area contributed by atoms with Gasteiger partial charge in [-0.05, 0) is 61.8 Å². The van der Waals surface area contributed by atoms with Crippen molar-refractivity contribution in [3.05, 3.63) is 24.3 Å². The summed E-state index contributed by atoms with van der Waals surface area (Å²) in [4.78, 5) is 14.7. The molecule has 1 spiro atoms. The maximum atomic E-state index is 13.1. The largest absolute Gasteiger partial charge is 0.573 e. The Hall–Kier alpha value is -1.76. The van der Waals surface area contributed by atoms with Gasteiger partial charge in [-0.15, -0.1) is 13.2 Å². The highest BCUT2D eigenvalue weighted by molar-refractivity contribution is 6.00. The number of alkyl halides is 3. The van der Waals surface area contributed by atoms with E-state index < -0.39 is 11.8 Å². The van der Waals surface area contributed by atoms with E-state index in [-0.39, 0.29) is 23.7 Å². The summed E-state index contributed by atoms with van der Waals surface area (Å²) in [6, 6.07) is 5.41. The lowest BCUT2D eigenvalue weighted by Crippen LogP contribution is -2.44. The van der Waals surface area contributed by atoms with Crippen LogP contribution in [0.3, 0.4) is 0 Å². The first-order valence-electron chi connectivity index (χ1n) is 8.97. The predicted molar refractivity (Wildman–Crippen MR) is 90.7 cm³/mol. The molecule has 144 valence electrons. The number of carbonyl (C=O) groups excluding carboxylic acids is 1. The van der Waals surface area contributed by atoms with Gasteiger partial charge < -0.3 is 14.7 Å². The Balaban J connectivity index is 1.75. The highest BCUT2D eigenvalue weighted by atomic mass is 19.4. The molecule has 1 amide bonds. The second-order valence-electron chi connectivity index (χ2n) is 7.75. The molecule has 1 heterocycles. The Morgan fingerprint density at radius 1 is 1.23 bits per heavy atom. The van der Waals surface area contributed by atoms with Crippen LogP contribution in [0, 0.1) is 17.3 Å². The first-order valence-corrected chi connectivity index (χ1v) is 8.97. The normalized spacial score (nSPS) is 29.7. The Labute approximate surface area is 150 Å². The molecule has 1 aliphatic carbocycles. The van der Waals surface area contributed by atoms with Gasteiger partial charge in [0.1, 0.15) is 5.75 Å². The number of aliphatic hydroxyl groups excluding tert-OH is 1. The van der Waals surface area contributed by atoms with E-state index in [1.807, 2.05) is 0 Å². The second-order valence-corrected chi connectivity index (χ2v) is 7.75. The molecule has 1 aliphatic heterocycles. The summed E-state index contributed by atoms with van der Waals surface area (Å²) in [7, 11) is 0. The zero-order chi connectivity index (χ0) is 19.1. The number of nitrogens with zero attached hydrogens (tertiary/aromatic N) is 1. The van der Waals surface area contributed by atoms with Crippen molar-refractivity contribution in [3.8, 4) is 5.75 Å². The minimum Gasteiger partial charge on any atom is -0.406 e. The number of ether oxygens (including phenoxy) is 1. The van der Waals surface area contributed by atoms with Gasteiger partial charge in [0.2, 0.25) is 5.91 Å². The van der Waals surface area contributed by atoms with E-state index in [9.17, 15) is 23.1 Å². The van der Waals surface area contributed by atoms with E-state index in [0.29, 0.717) is 43.8 Å². The van der Waals surface area contributed by atoms with Gasteiger partial charge in [0.15, 0.2) is 0 Å². The molecule has 2 aliphatic rings. The van der Waals surface area contributed by atoms with Crippen LogP contribution in [0.2, 0.25) is 0 Å². The monoisotopic (exact) mass is 371 g/mol. The lowest BCUT2D eigenvalue weighted by molar-refractivity contribution is -0.274. The number of hydrogen-bond donors (Lipinski definition) is 1. The molecule has 0 aromatic heterocycles. The molecular formula is C19H24F3NO3. The third-order valence-electron chi connectivity index (χ3n) is 5.79. The van der Waals surface area contributed by atoms with Crippen LogP contribution in [-0.4, -0.2) is 30.0 Å². The average molecular weight is 371 g/mol. The smallest absolute Gasteiger partial charge is 0.406 e. The fourth-order valence-electron chi connectivity index (χ4n) is 4.32. The maximum absolute atomic E-state index is 13.1. The molecule has 1 N–H and O–H groups in total. The fraction of sp³-hybridized carbons (Fsp3) is 0.632. The molecule has 2 fully saturated rings. The van der Waals surface area contributed by atoms with Crippen molar-refractivity contribution in [2.45, 2.75) is 52.0 Å². The average Bonchev–Trinajstić information content (AvgIpc) is 2.86. The number of hydrogen-bond acceptors (Lipinski definition) is 3. The van der Waals surface area contributed by atoms with Crippen LogP contribution in [0.5, 0.6) is 5.75 Å². The SMILES string of the molecule is CC(C)[C@H]1C[C@]2(CC[C@@H]1O)CCN(c1ccc(OC(F)(F)F)cc1)C2=O. The topological polar surface area (TPSA) is 49.8 Å². The highest BCUT2D eigenvalue weighted by Gasteiger charge is 2.51. The van der Waals surface area contributed by atoms with Crippen LogP contribution < -0.4 is 9.64 Å². The predicted octanol–water partition coefficient (Wildman–Crippen LogP) is 4.13. The standard InChI is InChI=1S/C19H24F3NO3/c1-12(2)15-11-18(8-7-16(15)24)9-10-23(17(18)25)13-3-5-14(6-4-13)26-19(20,21)22/h3-6,12,15-16,24H,7-11H2,1-2H3/t15-,16+,18+/m1/s1. The molecule has 0 radical (unpaired) electrons. The minimum absolute atomic E-state index is 0.0135. The molecule has 0 bridgehead atoms. The summed E-state index contributed by atoms with van der Waals surface area (Å²) in [6.07, 6.45) is -2.47. The van der Waals surface area contributed by atoms with Gasteiger partial charge >= 0.3 is 6.36 Å². The van der Waals surface area contributed by atoms with Crippen LogP contribution in [-0.2, 0) is 4.79 Å². The van der Waals surface area contributed by atoms with Crippen molar-refractivity contribution in [2.24, 2.45) is 17.3 Å². The Bertz CT molecular complexity index is 659. The van der Waals surface area contributed by atoms with E-state index in [1.54, 1.807) is 4.90 Å². The summed E-state index contributed by atoms with van der Waals surface area (Å²) in [5.41, 5.74) is 0.114. The first kappa shape index (κ1) is 19.0. The van der Waals surface area contributed by atoms with Crippen molar-refractivity contribution in [1.82, 2.24) is 0 Å². The lowest BCUT2D eigenvalue weighted by atomic mass is 9.65. The molecule has 3 rings (SSSR count). The number of anilines is 1. The second kappa shape index (κ2) is 6.76. The first-order chi connectivity index (χ1) is 12.1. The number of amides is 1. The van der Waals surface area contributed by atoms with E-state index in [0.717, 1.165) is 0 Å². The van der Waals surface area contributed by atoms with E-state index >= 15 is 0 Å². The molecule has 3 atom stereocenters. The van der Waals surface area contributed by atoms with Crippen molar-refractivity contribution in [2.75, 3.05) is 11.4 Å².